The molecule has 78 valence electrons. The molecular formula is C10H20ClNS. The molecule has 1 fully saturated rings. The van der Waals surface area contributed by atoms with Crippen LogP contribution in [-0.4, -0.2) is 41.4 Å². The lowest BCUT2D eigenvalue weighted by Crippen LogP contribution is -2.40. The fourth-order valence-electron chi connectivity index (χ4n) is 1.68. The molecule has 0 aromatic heterocycles. The van der Waals surface area contributed by atoms with E-state index in [1.165, 1.54) is 31.8 Å². The Morgan fingerprint density at radius 1 is 1.62 bits per heavy atom. The number of thioether (sulfide) groups is 1. The molecular weight excluding hydrogens is 202 g/mol. The molecule has 0 N–H and O–H groups in total. The van der Waals surface area contributed by atoms with E-state index < -0.39 is 0 Å². The Morgan fingerprint density at radius 3 is 3.00 bits per heavy atom. The highest BCUT2D eigenvalue weighted by atomic mass is 35.5. The van der Waals surface area contributed by atoms with Crippen LogP contribution in [0.15, 0.2) is 0 Å². The zero-order valence-corrected chi connectivity index (χ0v) is 10.2. The predicted octanol–water partition coefficient (Wildman–Crippen LogP) is 2.69. The molecule has 1 saturated heterocycles. The van der Waals surface area contributed by atoms with Crippen LogP contribution in [0.1, 0.15) is 20.3 Å². The number of halogens is 1. The van der Waals surface area contributed by atoms with E-state index in [2.05, 4.69) is 30.5 Å². The first-order valence-corrected chi connectivity index (χ1v) is 6.74. The van der Waals surface area contributed by atoms with Gasteiger partial charge in [-0.25, -0.2) is 0 Å². The summed E-state index contributed by atoms with van der Waals surface area (Å²) in [6, 6.07) is 0. The largest absolute Gasteiger partial charge is 0.301 e. The minimum absolute atomic E-state index is 0.641. The fraction of sp³-hybridized carbons (Fsp3) is 1.00. The van der Waals surface area contributed by atoms with Gasteiger partial charge in [0.2, 0.25) is 0 Å². The third kappa shape index (κ3) is 4.09. The number of hydrogen-bond acceptors (Lipinski definition) is 2. The Labute approximate surface area is 91.2 Å². The molecule has 0 bridgehead atoms. The van der Waals surface area contributed by atoms with Gasteiger partial charge in [0.1, 0.15) is 0 Å². The standard InChI is InChI=1S/C10H20ClNS/c1-3-10-8-12(4-5-13-10)7-9(2)6-11/h9-10H,3-8H2,1-2H3. The monoisotopic (exact) mass is 221 g/mol. The minimum atomic E-state index is 0.641. The fourth-order valence-corrected chi connectivity index (χ4v) is 3.03. The maximum Gasteiger partial charge on any atom is 0.0261 e. The predicted molar refractivity (Wildman–Crippen MR) is 62.9 cm³/mol. The van der Waals surface area contributed by atoms with Crippen molar-refractivity contribution in [2.75, 3.05) is 31.3 Å². The molecule has 1 aliphatic rings. The molecule has 1 aliphatic heterocycles. The highest BCUT2D eigenvalue weighted by Gasteiger charge is 2.19. The van der Waals surface area contributed by atoms with Crippen molar-refractivity contribution in [2.24, 2.45) is 5.92 Å². The Hall–Kier alpha value is 0.600. The van der Waals surface area contributed by atoms with Crippen molar-refractivity contribution in [1.29, 1.82) is 0 Å². The third-order valence-corrected chi connectivity index (χ3v) is 4.41. The van der Waals surface area contributed by atoms with Crippen LogP contribution in [0.4, 0.5) is 0 Å². The van der Waals surface area contributed by atoms with Crippen LogP contribution in [0.2, 0.25) is 0 Å². The van der Waals surface area contributed by atoms with Gasteiger partial charge in [0.25, 0.3) is 0 Å². The van der Waals surface area contributed by atoms with E-state index in [9.17, 15) is 0 Å². The lowest BCUT2D eigenvalue weighted by atomic mass is 10.2. The summed E-state index contributed by atoms with van der Waals surface area (Å²) in [6.45, 7) is 8.22. The normalized spacial score (nSPS) is 27.5. The second-order valence-corrected chi connectivity index (χ2v) is 5.64. The van der Waals surface area contributed by atoms with E-state index in [0.717, 1.165) is 11.1 Å². The van der Waals surface area contributed by atoms with Crippen molar-refractivity contribution in [3.05, 3.63) is 0 Å². The molecule has 13 heavy (non-hydrogen) atoms. The summed E-state index contributed by atoms with van der Waals surface area (Å²) in [4.78, 5) is 2.57. The molecule has 1 heterocycles. The number of nitrogens with zero attached hydrogens (tertiary/aromatic N) is 1. The van der Waals surface area contributed by atoms with Crippen molar-refractivity contribution in [1.82, 2.24) is 4.90 Å². The molecule has 0 spiro atoms. The molecule has 0 aromatic rings. The lowest BCUT2D eigenvalue weighted by molar-refractivity contribution is 0.252. The first-order chi connectivity index (χ1) is 6.26. The van der Waals surface area contributed by atoms with Gasteiger partial charge in [0.05, 0.1) is 0 Å². The lowest BCUT2D eigenvalue weighted by Gasteiger charge is -2.33. The Morgan fingerprint density at radius 2 is 2.38 bits per heavy atom. The summed E-state index contributed by atoms with van der Waals surface area (Å²) in [5.74, 6) is 2.73. The molecule has 1 rings (SSSR count). The van der Waals surface area contributed by atoms with E-state index in [0.29, 0.717) is 5.92 Å². The molecule has 3 heteroatoms. The Balaban J connectivity index is 2.25. The van der Waals surface area contributed by atoms with Crippen molar-refractivity contribution in [3.63, 3.8) is 0 Å². The molecule has 0 aromatic carbocycles. The van der Waals surface area contributed by atoms with Gasteiger partial charge in [-0.15, -0.1) is 11.6 Å². The summed E-state index contributed by atoms with van der Waals surface area (Å²) in [6.07, 6.45) is 1.30. The second-order valence-electron chi connectivity index (χ2n) is 3.92. The van der Waals surface area contributed by atoms with Crippen molar-refractivity contribution in [3.8, 4) is 0 Å². The summed E-state index contributed by atoms with van der Waals surface area (Å²) < 4.78 is 0. The van der Waals surface area contributed by atoms with Crippen LogP contribution in [0.25, 0.3) is 0 Å². The first kappa shape index (κ1) is 11.7. The summed E-state index contributed by atoms with van der Waals surface area (Å²) in [5, 5.41) is 0.858. The van der Waals surface area contributed by atoms with Gasteiger partial charge in [0, 0.05) is 36.5 Å². The van der Waals surface area contributed by atoms with Gasteiger partial charge in [-0.2, -0.15) is 11.8 Å². The molecule has 0 aliphatic carbocycles. The quantitative estimate of drug-likeness (QED) is 0.672. The molecule has 0 radical (unpaired) electrons. The average Bonchev–Trinajstić information content (AvgIpc) is 2.18. The molecule has 0 saturated carbocycles. The van der Waals surface area contributed by atoms with Gasteiger partial charge in [0.15, 0.2) is 0 Å². The van der Waals surface area contributed by atoms with Crippen LogP contribution in [0.5, 0.6) is 0 Å². The second kappa shape index (κ2) is 6.15. The van der Waals surface area contributed by atoms with Gasteiger partial charge in [-0.3, -0.25) is 0 Å². The van der Waals surface area contributed by atoms with Crippen molar-refractivity contribution in [2.45, 2.75) is 25.5 Å². The van der Waals surface area contributed by atoms with E-state index in [1.54, 1.807) is 0 Å². The van der Waals surface area contributed by atoms with Crippen LogP contribution in [0, 0.1) is 5.92 Å². The zero-order valence-electron chi connectivity index (χ0n) is 8.63. The van der Waals surface area contributed by atoms with E-state index in [4.69, 9.17) is 11.6 Å². The topological polar surface area (TPSA) is 3.24 Å². The van der Waals surface area contributed by atoms with E-state index in [1.807, 2.05) is 0 Å². The summed E-state index contributed by atoms with van der Waals surface area (Å²) in [7, 11) is 0. The zero-order chi connectivity index (χ0) is 9.68. The van der Waals surface area contributed by atoms with Crippen LogP contribution >= 0.6 is 23.4 Å². The SMILES string of the molecule is CCC1CN(CC(C)CCl)CCS1. The van der Waals surface area contributed by atoms with Gasteiger partial charge < -0.3 is 4.90 Å². The summed E-state index contributed by atoms with van der Waals surface area (Å²) in [5.41, 5.74) is 0. The number of alkyl halides is 1. The highest BCUT2D eigenvalue weighted by Crippen LogP contribution is 2.21. The van der Waals surface area contributed by atoms with Crippen LogP contribution in [-0.2, 0) is 0 Å². The van der Waals surface area contributed by atoms with Gasteiger partial charge >= 0.3 is 0 Å². The highest BCUT2D eigenvalue weighted by molar-refractivity contribution is 8.00. The Bertz CT molecular complexity index is 141. The smallest absolute Gasteiger partial charge is 0.0261 e. The summed E-state index contributed by atoms with van der Waals surface area (Å²) >= 11 is 7.94. The minimum Gasteiger partial charge on any atom is -0.301 e. The Kier molecular flexibility index (Phi) is 5.52. The number of hydrogen-bond donors (Lipinski definition) is 0. The van der Waals surface area contributed by atoms with E-state index >= 15 is 0 Å². The maximum atomic E-state index is 5.81. The van der Waals surface area contributed by atoms with Crippen molar-refractivity contribution < 1.29 is 0 Å². The number of rotatable bonds is 4. The van der Waals surface area contributed by atoms with Crippen LogP contribution in [0.3, 0.4) is 0 Å². The first-order valence-electron chi connectivity index (χ1n) is 5.16. The molecule has 1 nitrogen and oxygen atoms in total. The van der Waals surface area contributed by atoms with Gasteiger partial charge in [-0.1, -0.05) is 13.8 Å². The third-order valence-electron chi connectivity index (χ3n) is 2.51. The molecule has 0 amide bonds. The average molecular weight is 222 g/mol. The maximum absolute atomic E-state index is 5.81. The van der Waals surface area contributed by atoms with Crippen LogP contribution < -0.4 is 0 Å². The van der Waals surface area contributed by atoms with E-state index in [-0.39, 0.29) is 0 Å². The molecule has 2 atom stereocenters. The molecule has 2 unspecified atom stereocenters. The van der Waals surface area contributed by atoms with Gasteiger partial charge in [-0.05, 0) is 12.3 Å². The van der Waals surface area contributed by atoms with Crippen molar-refractivity contribution >= 4 is 23.4 Å².